The molecule has 1 aromatic carbocycles. The normalized spacial score (nSPS) is 19.4. The van der Waals surface area contributed by atoms with Crippen LogP contribution in [0, 0.1) is 0 Å². The summed E-state index contributed by atoms with van der Waals surface area (Å²) >= 11 is 0. The van der Waals surface area contributed by atoms with Crippen LogP contribution in [0.4, 0.5) is 0 Å². The van der Waals surface area contributed by atoms with Crippen LogP contribution in [-0.2, 0) is 11.3 Å². The van der Waals surface area contributed by atoms with E-state index < -0.39 is 0 Å². The van der Waals surface area contributed by atoms with Crippen molar-refractivity contribution in [1.82, 2.24) is 15.5 Å². The zero-order valence-electron chi connectivity index (χ0n) is 13.0. The van der Waals surface area contributed by atoms with E-state index in [1.807, 2.05) is 6.92 Å². The van der Waals surface area contributed by atoms with Crippen molar-refractivity contribution < 1.29 is 4.79 Å². The number of amides is 1. The van der Waals surface area contributed by atoms with Gasteiger partial charge in [-0.1, -0.05) is 30.3 Å². The Labute approximate surface area is 127 Å². The first-order valence-corrected chi connectivity index (χ1v) is 8.04. The minimum absolute atomic E-state index is 0.141. The molecule has 1 aliphatic heterocycles. The maximum absolute atomic E-state index is 11.4. The van der Waals surface area contributed by atoms with Crippen LogP contribution in [0.2, 0.25) is 0 Å². The van der Waals surface area contributed by atoms with Gasteiger partial charge in [-0.15, -0.1) is 0 Å². The number of rotatable bonds is 7. The fraction of sp³-hybridized carbons (Fsp3) is 0.588. The maximum atomic E-state index is 11.4. The van der Waals surface area contributed by atoms with E-state index in [-0.39, 0.29) is 5.91 Å². The molecule has 1 atom stereocenters. The van der Waals surface area contributed by atoms with Crippen molar-refractivity contribution in [2.75, 3.05) is 26.2 Å². The Morgan fingerprint density at radius 3 is 2.90 bits per heavy atom. The van der Waals surface area contributed by atoms with Crippen molar-refractivity contribution in [1.29, 1.82) is 0 Å². The van der Waals surface area contributed by atoms with Gasteiger partial charge in [-0.2, -0.15) is 0 Å². The predicted octanol–water partition coefficient (Wildman–Crippen LogP) is 1.77. The minimum Gasteiger partial charge on any atom is -0.356 e. The molecule has 0 saturated carbocycles. The highest BCUT2D eigenvalue weighted by Crippen LogP contribution is 2.13. The molecule has 4 heteroatoms. The molecular weight excluding hydrogens is 262 g/mol. The van der Waals surface area contributed by atoms with Crippen molar-refractivity contribution >= 4 is 5.91 Å². The number of benzene rings is 1. The zero-order chi connectivity index (χ0) is 14.9. The van der Waals surface area contributed by atoms with Gasteiger partial charge >= 0.3 is 0 Å². The summed E-state index contributed by atoms with van der Waals surface area (Å²) in [5, 5.41) is 6.36. The molecule has 0 spiro atoms. The number of carbonyl (C=O) groups is 1. The van der Waals surface area contributed by atoms with E-state index in [0.717, 1.165) is 19.6 Å². The van der Waals surface area contributed by atoms with Gasteiger partial charge in [-0.3, -0.25) is 9.69 Å². The SMILES string of the molecule is CCNC(=O)CCNC1CCCN(Cc2ccccc2)C1. The van der Waals surface area contributed by atoms with Gasteiger partial charge in [-0.05, 0) is 31.9 Å². The zero-order valence-corrected chi connectivity index (χ0v) is 13.0. The number of hydrogen-bond donors (Lipinski definition) is 2. The molecule has 1 heterocycles. The van der Waals surface area contributed by atoms with Gasteiger partial charge in [0.05, 0.1) is 0 Å². The number of piperidine rings is 1. The van der Waals surface area contributed by atoms with E-state index in [1.54, 1.807) is 0 Å². The van der Waals surface area contributed by atoms with E-state index in [1.165, 1.54) is 24.9 Å². The van der Waals surface area contributed by atoms with Gasteiger partial charge in [0.2, 0.25) is 5.91 Å². The highest BCUT2D eigenvalue weighted by Gasteiger charge is 2.19. The average molecular weight is 289 g/mol. The summed E-state index contributed by atoms with van der Waals surface area (Å²) in [6.07, 6.45) is 3.01. The molecule has 1 amide bonds. The fourth-order valence-corrected chi connectivity index (χ4v) is 2.88. The summed E-state index contributed by atoms with van der Waals surface area (Å²) in [7, 11) is 0. The molecule has 2 rings (SSSR count). The molecule has 0 aromatic heterocycles. The third-order valence-corrected chi connectivity index (χ3v) is 3.91. The molecular formula is C17H27N3O. The molecule has 1 aliphatic rings. The summed E-state index contributed by atoms with van der Waals surface area (Å²) in [5.41, 5.74) is 1.38. The molecule has 1 unspecified atom stereocenters. The largest absolute Gasteiger partial charge is 0.356 e. The van der Waals surface area contributed by atoms with Gasteiger partial charge in [-0.25, -0.2) is 0 Å². The third kappa shape index (κ3) is 5.86. The Morgan fingerprint density at radius 1 is 1.33 bits per heavy atom. The summed E-state index contributed by atoms with van der Waals surface area (Å²) in [5.74, 6) is 0.141. The van der Waals surface area contributed by atoms with Crippen molar-refractivity contribution in [2.45, 2.75) is 38.8 Å². The molecule has 0 radical (unpaired) electrons. The number of likely N-dealkylation sites (tertiary alicyclic amines) is 1. The summed E-state index contributed by atoms with van der Waals surface area (Å²) in [6.45, 7) is 6.71. The lowest BCUT2D eigenvalue weighted by Crippen LogP contribution is -2.46. The summed E-state index contributed by atoms with van der Waals surface area (Å²) in [4.78, 5) is 13.9. The monoisotopic (exact) mass is 289 g/mol. The second kappa shape index (κ2) is 8.80. The van der Waals surface area contributed by atoms with Crippen molar-refractivity contribution in [3.63, 3.8) is 0 Å². The fourth-order valence-electron chi connectivity index (χ4n) is 2.88. The lowest BCUT2D eigenvalue weighted by molar-refractivity contribution is -0.120. The van der Waals surface area contributed by atoms with Crippen LogP contribution in [0.3, 0.4) is 0 Å². The Morgan fingerprint density at radius 2 is 2.14 bits per heavy atom. The first-order chi connectivity index (χ1) is 10.3. The van der Waals surface area contributed by atoms with E-state index in [0.29, 0.717) is 19.0 Å². The highest BCUT2D eigenvalue weighted by molar-refractivity contribution is 5.75. The average Bonchev–Trinajstić information content (AvgIpc) is 2.49. The third-order valence-electron chi connectivity index (χ3n) is 3.91. The summed E-state index contributed by atoms with van der Waals surface area (Å²) in [6, 6.07) is 11.1. The Balaban J connectivity index is 1.69. The highest BCUT2D eigenvalue weighted by atomic mass is 16.1. The van der Waals surface area contributed by atoms with Crippen molar-refractivity contribution in [3.05, 3.63) is 35.9 Å². The van der Waals surface area contributed by atoms with E-state index in [4.69, 9.17) is 0 Å². The van der Waals surface area contributed by atoms with E-state index >= 15 is 0 Å². The number of nitrogens with one attached hydrogen (secondary N) is 2. The minimum atomic E-state index is 0.141. The molecule has 1 saturated heterocycles. The molecule has 0 aliphatic carbocycles. The van der Waals surface area contributed by atoms with E-state index in [9.17, 15) is 4.79 Å². The molecule has 2 N–H and O–H groups in total. The van der Waals surface area contributed by atoms with Crippen LogP contribution < -0.4 is 10.6 Å². The number of hydrogen-bond acceptors (Lipinski definition) is 3. The Bertz CT molecular complexity index is 421. The Hall–Kier alpha value is -1.39. The topological polar surface area (TPSA) is 44.4 Å². The van der Waals surface area contributed by atoms with Crippen LogP contribution in [-0.4, -0.2) is 43.0 Å². The molecule has 1 fully saturated rings. The van der Waals surface area contributed by atoms with Gasteiger partial charge in [0.25, 0.3) is 0 Å². The molecule has 1 aromatic rings. The second-order valence-electron chi connectivity index (χ2n) is 5.72. The van der Waals surface area contributed by atoms with Crippen LogP contribution in [0.1, 0.15) is 31.7 Å². The van der Waals surface area contributed by atoms with Crippen molar-refractivity contribution in [2.24, 2.45) is 0 Å². The summed E-state index contributed by atoms with van der Waals surface area (Å²) < 4.78 is 0. The van der Waals surface area contributed by atoms with Gasteiger partial charge in [0.1, 0.15) is 0 Å². The van der Waals surface area contributed by atoms with Crippen LogP contribution in [0.25, 0.3) is 0 Å². The number of nitrogens with zero attached hydrogens (tertiary/aromatic N) is 1. The maximum Gasteiger partial charge on any atom is 0.221 e. The van der Waals surface area contributed by atoms with Crippen molar-refractivity contribution in [3.8, 4) is 0 Å². The van der Waals surface area contributed by atoms with Crippen LogP contribution in [0.5, 0.6) is 0 Å². The molecule has 0 bridgehead atoms. The standard InChI is InChI=1S/C17H27N3O/c1-2-18-17(21)10-11-19-16-9-6-12-20(14-16)13-15-7-4-3-5-8-15/h3-5,7-8,16,19H,2,6,9-14H2,1H3,(H,18,21). The predicted molar refractivity (Wildman–Crippen MR) is 86.0 cm³/mol. The van der Waals surface area contributed by atoms with Gasteiger partial charge in [0.15, 0.2) is 0 Å². The lowest BCUT2D eigenvalue weighted by atomic mass is 10.0. The van der Waals surface area contributed by atoms with Gasteiger partial charge < -0.3 is 10.6 Å². The van der Waals surface area contributed by atoms with Crippen LogP contribution in [0.15, 0.2) is 30.3 Å². The second-order valence-corrected chi connectivity index (χ2v) is 5.72. The van der Waals surface area contributed by atoms with Crippen LogP contribution >= 0.6 is 0 Å². The lowest BCUT2D eigenvalue weighted by Gasteiger charge is -2.33. The smallest absolute Gasteiger partial charge is 0.221 e. The quantitative estimate of drug-likeness (QED) is 0.804. The van der Waals surface area contributed by atoms with E-state index in [2.05, 4.69) is 45.9 Å². The molecule has 21 heavy (non-hydrogen) atoms. The molecule has 116 valence electrons. The first-order valence-electron chi connectivity index (χ1n) is 8.04. The molecule has 4 nitrogen and oxygen atoms in total. The number of carbonyl (C=O) groups excluding carboxylic acids is 1. The first kappa shape index (κ1) is 16.0. The Kier molecular flexibility index (Phi) is 6.70. The van der Waals surface area contributed by atoms with Gasteiger partial charge in [0, 0.05) is 38.6 Å².